The molecule has 0 saturated carbocycles. The third kappa shape index (κ3) is 12.5. The van der Waals surface area contributed by atoms with E-state index in [0.29, 0.717) is 23.3 Å². The van der Waals surface area contributed by atoms with Gasteiger partial charge in [0.2, 0.25) is 5.89 Å². The summed E-state index contributed by atoms with van der Waals surface area (Å²) in [7, 11) is 0. The Morgan fingerprint density at radius 2 is 1.35 bits per heavy atom. The molecular weight excluding hydrogens is 757 g/mol. The molecule has 4 aromatic rings. The van der Waals surface area contributed by atoms with Crippen molar-refractivity contribution in [2.75, 3.05) is 50.0 Å². The zero-order chi connectivity index (χ0) is 40.4. The van der Waals surface area contributed by atoms with Gasteiger partial charge in [0.25, 0.3) is 0 Å². The van der Waals surface area contributed by atoms with Crippen molar-refractivity contribution < 1.29 is 78.4 Å². The maximum Gasteiger partial charge on any atom is 0.490 e. The van der Waals surface area contributed by atoms with Crippen LogP contribution in [0.25, 0.3) is 33.7 Å². The predicted molar refractivity (Wildman–Crippen MR) is 168 cm³/mol. The molecule has 0 amide bonds. The molecule has 0 aliphatic carbocycles. The minimum absolute atomic E-state index is 0.393. The van der Waals surface area contributed by atoms with Crippen molar-refractivity contribution in [2.24, 2.45) is 0 Å². The summed E-state index contributed by atoms with van der Waals surface area (Å²) in [6.07, 6.45) is -7.32. The number of morpholine rings is 1. The van der Waals surface area contributed by atoms with E-state index in [2.05, 4.69) is 42.2 Å². The SMILES string of the molecule is Nc1ncc(-c2cnn(C3CCNCC3)c2)cc1-c1nc2ccc(N3CCOCC3)cc2o1.O=C(O)C(F)(F)F.O=C(O)C(F)(F)F.O=C(O)C(F)(F)F. The number of aliphatic carboxylic acids is 3. The molecule has 0 radical (unpaired) electrons. The van der Waals surface area contributed by atoms with Crippen LogP contribution >= 0.6 is 0 Å². The van der Waals surface area contributed by atoms with E-state index in [4.69, 9.17) is 44.6 Å². The van der Waals surface area contributed by atoms with E-state index in [1.807, 2.05) is 24.4 Å². The number of oxazole rings is 1. The molecule has 54 heavy (non-hydrogen) atoms. The van der Waals surface area contributed by atoms with Crippen LogP contribution in [0.1, 0.15) is 18.9 Å². The fraction of sp³-hybridized carbons (Fsp3) is 0.400. The van der Waals surface area contributed by atoms with E-state index in [9.17, 15) is 39.5 Å². The lowest BCUT2D eigenvalue weighted by atomic mass is 10.1. The molecule has 2 aliphatic rings. The summed E-state index contributed by atoms with van der Waals surface area (Å²) in [5.74, 6) is -7.40. The number of aromatic nitrogens is 4. The van der Waals surface area contributed by atoms with Crippen molar-refractivity contribution in [1.29, 1.82) is 0 Å². The third-order valence-electron chi connectivity index (χ3n) is 7.24. The van der Waals surface area contributed by atoms with Gasteiger partial charge in [0.05, 0.1) is 31.0 Å². The van der Waals surface area contributed by atoms with Crippen LogP contribution in [0.15, 0.2) is 47.3 Å². The average Bonchev–Trinajstić information content (AvgIpc) is 3.77. The van der Waals surface area contributed by atoms with E-state index in [-0.39, 0.29) is 0 Å². The van der Waals surface area contributed by atoms with E-state index >= 15 is 0 Å². The number of anilines is 2. The van der Waals surface area contributed by atoms with Gasteiger partial charge in [0.15, 0.2) is 5.58 Å². The number of halogens is 9. The van der Waals surface area contributed by atoms with Gasteiger partial charge in [-0.3, -0.25) is 4.68 Å². The molecule has 5 heterocycles. The molecule has 2 aliphatic heterocycles. The molecule has 0 unspecified atom stereocenters. The van der Waals surface area contributed by atoms with Gasteiger partial charge in [0, 0.05) is 48.4 Å². The van der Waals surface area contributed by atoms with E-state index < -0.39 is 36.4 Å². The Bertz CT molecular complexity index is 1830. The number of piperidine rings is 1. The maximum absolute atomic E-state index is 10.6. The molecule has 0 atom stereocenters. The number of carbonyl (C=O) groups is 3. The third-order valence-corrected chi connectivity index (χ3v) is 7.24. The van der Waals surface area contributed by atoms with Crippen LogP contribution in [-0.2, 0) is 19.1 Å². The van der Waals surface area contributed by atoms with Crippen LogP contribution in [0.3, 0.4) is 0 Å². The number of ether oxygens (including phenoxy) is 1. The van der Waals surface area contributed by atoms with Crippen LogP contribution in [0.5, 0.6) is 0 Å². The van der Waals surface area contributed by atoms with Gasteiger partial charge in [-0.15, -0.1) is 0 Å². The number of pyridine rings is 1. The largest absolute Gasteiger partial charge is 0.490 e. The number of nitrogens with zero attached hydrogens (tertiary/aromatic N) is 5. The lowest BCUT2D eigenvalue weighted by Crippen LogP contribution is -2.36. The minimum atomic E-state index is -5.08. The summed E-state index contributed by atoms with van der Waals surface area (Å²) >= 11 is 0. The molecule has 6 rings (SSSR count). The van der Waals surface area contributed by atoms with Crippen molar-refractivity contribution in [3.8, 4) is 22.6 Å². The number of rotatable bonds is 4. The lowest BCUT2D eigenvalue weighted by Gasteiger charge is -2.28. The van der Waals surface area contributed by atoms with Crippen LogP contribution < -0.4 is 16.0 Å². The normalized spacial score (nSPS) is 15.2. The lowest BCUT2D eigenvalue weighted by molar-refractivity contribution is -0.193. The van der Waals surface area contributed by atoms with Gasteiger partial charge in [0.1, 0.15) is 11.3 Å². The Morgan fingerprint density at radius 3 is 1.87 bits per heavy atom. The topological polar surface area (TPSA) is 219 Å². The van der Waals surface area contributed by atoms with Gasteiger partial charge in [-0.2, -0.15) is 44.6 Å². The predicted octanol–water partition coefficient (Wildman–Crippen LogP) is 5.00. The second-order valence-electron chi connectivity index (χ2n) is 11.0. The summed E-state index contributed by atoms with van der Waals surface area (Å²) in [6.45, 7) is 5.27. The molecule has 2 saturated heterocycles. The van der Waals surface area contributed by atoms with Gasteiger partial charge in [-0.05, 0) is 44.1 Å². The first-order valence-corrected chi connectivity index (χ1v) is 15.2. The summed E-state index contributed by atoms with van der Waals surface area (Å²) in [5.41, 5.74) is 11.5. The second-order valence-corrected chi connectivity index (χ2v) is 11.0. The van der Waals surface area contributed by atoms with Crippen molar-refractivity contribution in [1.82, 2.24) is 25.1 Å². The quantitative estimate of drug-likeness (QED) is 0.172. The van der Waals surface area contributed by atoms with Gasteiger partial charge >= 0.3 is 36.4 Å². The molecule has 15 nitrogen and oxygen atoms in total. The highest BCUT2D eigenvalue weighted by atomic mass is 19.4. The molecule has 0 bridgehead atoms. The number of fused-ring (bicyclic) bond motifs is 1. The van der Waals surface area contributed by atoms with Crippen LogP contribution in [-0.4, -0.2) is 111 Å². The summed E-state index contributed by atoms with van der Waals surface area (Å²) in [4.78, 5) is 38.1. The number of carboxylic acids is 3. The zero-order valence-electron chi connectivity index (χ0n) is 27.4. The zero-order valence-corrected chi connectivity index (χ0v) is 27.4. The molecule has 6 N–H and O–H groups in total. The maximum atomic E-state index is 10.6. The Morgan fingerprint density at radius 1 is 0.815 bits per heavy atom. The Hall–Kier alpha value is -5.65. The van der Waals surface area contributed by atoms with Crippen LogP contribution in [0.2, 0.25) is 0 Å². The van der Waals surface area contributed by atoms with Gasteiger partial charge in [-0.25, -0.2) is 24.4 Å². The summed E-state index contributed by atoms with van der Waals surface area (Å²) < 4.78 is 109. The number of nitrogen functional groups attached to an aromatic ring is 1. The fourth-order valence-corrected chi connectivity index (χ4v) is 4.61. The van der Waals surface area contributed by atoms with E-state index in [1.54, 1.807) is 6.20 Å². The number of nitrogens with one attached hydrogen (secondary N) is 1. The number of hydrogen-bond donors (Lipinski definition) is 5. The molecular formula is C30H30F9N7O8. The van der Waals surface area contributed by atoms with Gasteiger partial charge in [-0.1, -0.05) is 0 Å². The van der Waals surface area contributed by atoms with Crippen molar-refractivity contribution >= 4 is 40.5 Å². The monoisotopic (exact) mass is 787 g/mol. The number of carboxylic acid groups (broad SMARTS) is 3. The van der Waals surface area contributed by atoms with E-state index in [0.717, 1.165) is 80.1 Å². The highest BCUT2D eigenvalue weighted by Gasteiger charge is 2.39. The fourth-order valence-electron chi connectivity index (χ4n) is 4.61. The number of benzene rings is 1. The average molecular weight is 788 g/mol. The van der Waals surface area contributed by atoms with Crippen LogP contribution in [0.4, 0.5) is 51.0 Å². The molecule has 296 valence electrons. The summed E-state index contributed by atoms with van der Waals surface area (Å²) in [6, 6.07) is 8.52. The number of hydrogen-bond acceptors (Lipinski definition) is 11. The Labute approximate surface area is 297 Å². The molecule has 2 fully saturated rings. The number of alkyl halides is 9. The Balaban J connectivity index is 0.000000307. The minimum Gasteiger partial charge on any atom is -0.475 e. The van der Waals surface area contributed by atoms with E-state index in [1.165, 1.54) is 0 Å². The smallest absolute Gasteiger partial charge is 0.475 e. The first kappa shape index (κ1) is 42.8. The highest BCUT2D eigenvalue weighted by molar-refractivity contribution is 5.83. The van der Waals surface area contributed by atoms with Crippen LogP contribution in [0, 0.1) is 0 Å². The summed E-state index contributed by atoms with van der Waals surface area (Å²) in [5, 5.41) is 29.4. The standard InChI is InChI=1S/C24H27N7O2.3C2HF3O2/c25-23-20(11-16(13-27-23)17-14-28-31(15-17)18-3-5-26-6-4-18)24-29-21-2-1-19(12-22(21)33-24)30-7-9-32-10-8-30;3*3-2(4,5)1(6)7/h1-2,11-15,18,26H,3-10H2,(H2,25,27);3*(H,6,7). The molecule has 0 spiro atoms. The first-order valence-electron chi connectivity index (χ1n) is 15.2. The second kappa shape index (κ2) is 17.9. The molecule has 24 heteroatoms. The Kier molecular flexibility index (Phi) is 14.2. The first-order chi connectivity index (χ1) is 25.1. The van der Waals surface area contributed by atoms with Crippen molar-refractivity contribution in [3.05, 3.63) is 42.9 Å². The molecule has 1 aromatic carbocycles. The number of nitrogens with two attached hydrogens (primary N) is 1. The molecule has 3 aromatic heterocycles. The van der Waals surface area contributed by atoms with Crippen molar-refractivity contribution in [3.63, 3.8) is 0 Å². The highest BCUT2D eigenvalue weighted by Crippen LogP contribution is 2.33. The van der Waals surface area contributed by atoms with Crippen molar-refractivity contribution in [2.45, 2.75) is 37.4 Å². The van der Waals surface area contributed by atoms with Gasteiger partial charge < -0.3 is 40.4 Å².